The van der Waals surface area contributed by atoms with Crippen molar-refractivity contribution in [2.45, 2.75) is 97.3 Å². The minimum atomic E-state index is 1.10. The monoisotopic (exact) mass is 264 g/mol. The fourth-order valence-electron chi connectivity index (χ4n) is 4.96. The largest absolute Gasteiger partial charge is 0.0654 e. The first kappa shape index (κ1) is 15.4. The van der Waals surface area contributed by atoms with E-state index in [9.17, 15) is 0 Å². The van der Waals surface area contributed by atoms with Gasteiger partial charge in [-0.2, -0.15) is 0 Å². The van der Waals surface area contributed by atoms with Gasteiger partial charge in [0.15, 0.2) is 0 Å². The van der Waals surface area contributed by atoms with Crippen LogP contribution in [0.5, 0.6) is 0 Å². The van der Waals surface area contributed by atoms with Crippen molar-refractivity contribution in [1.82, 2.24) is 0 Å². The van der Waals surface area contributed by atoms with Gasteiger partial charge in [0.05, 0.1) is 0 Å². The van der Waals surface area contributed by atoms with Crippen LogP contribution in [-0.4, -0.2) is 0 Å². The predicted octanol–water partition coefficient (Wildman–Crippen LogP) is 6.59. The molecule has 2 saturated carbocycles. The molecule has 2 aliphatic rings. The molecule has 0 spiro atoms. The summed E-state index contributed by atoms with van der Waals surface area (Å²) in [7, 11) is 0. The normalized spacial score (nSPS) is 34.4. The molecule has 0 aliphatic heterocycles. The Hall–Kier alpha value is 0. The second-order valence-corrected chi connectivity index (χ2v) is 7.44. The van der Waals surface area contributed by atoms with Gasteiger partial charge in [-0.05, 0) is 36.5 Å². The summed E-state index contributed by atoms with van der Waals surface area (Å²) in [6, 6.07) is 0. The molecule has 0 amide bonds. The summed E-state index contributed by atoms with van der Waals surface area (Å²) in [5.74, 6) is 4.48. The fraction of sp³-hybridized carbons (Fsp3) is 1.00. The highest BCUT2D eigenvalue weighted by Crippen LogP contribution is 2.50. The highest BCUT2D eigenvalue weighted by molar-refractivity contribution is 4.90. The number of fused-ring (bicyclic) bond motifs is 1. The van der Waals surface area contributed by atoms with Crippen molar-refractivity contribution in [2.24, 2.45) is 23.7 Å². The highest BCUT2D eigenvalue weighted by Gasteiger charge is 2.39. The molecule has 2 aliphatic carbocycles. The Morgan fingerprint density at radius 1 is 0.789 bits per heavy atom. The summed E-state index contributed by atoms with van der Waals surface area (Å²) in [5, 5.41) is 0. The van der Waals surface area contributed by atoms with E-state index in [-0.39, 0.29) is 0 Å². The highest BCUT2D eigenvalue weighted by atomic mass is 14.4. The van der Waals surface area contributed by atoms with Crippen LogP contribution in [0, 0.1) is 23.7 Å². The zero-order valence-electron chi connectivity index (χ0n) is 13.5. The van der Waals surface area contributed by atoms with Gasteiger partial charge in [-0.15, -0.1) is 0 Å². The third-order valence-corrected chi connectivity index (χ3v) is 6.00. The maximum Gasteiger partial charge on any atom is -0.0355 e. The van der Waals surface area contributed by atoms with Gasteiger partial charge in [-0.3, -0.25) is 0 Å². The van der Waals surface area contributed by atoms with Crippen LogP contribution in [0.25, 0.3) is 0 Å². The van der Waals surface area contributed by atoms with E-state index in [0.29, 0.717) is 0 Å². The summed E-state index contributed by atoms with van der Waals surface area (Å²) in [4.78, 5) is 0. The van der Waals surface area contributed by atoms with Crippen molar-refractivity contribution < 1.29 is 0 Å². The van der Waals surface area contributed by atoms with Gasteiger partial charge in [-0.1, -0.05) is 84.5 Å². The third kappa shape index (κ3) is 4.50. The Morgan fingerprint density at radius 2 is 1.63 bits per heavy atom. The average molecular weight is 264 g/mol. The number of hydrogen-bond donors (Lipinski definition) is 0. The lowest BCUT2D eigenvalue weighted by Gasteiger charge is -2.34. The minimum absolute atomic E-state index is 1.10. The molecule has 0 heteroatoms. The lowest BCUT2D eigenvalue weighted by atomic mass is 9.72. The van der Waals surface area contributed by atoms with Gasteiger partial charge in [-0.25, -0.2) is 0 Å². The molecule has 0 nitrogen and oxygen atoms in total. The van der Waals surface area contributed by atoms with Gasteiger partial charge in [0.1, 0.15) is 0 Å². The van der Waals surface area contributed by atoms with E-state index in [4.69, 9.17) is 0 Å². The van der Waals surface area contributed by atoms with Crippen LogP contribution < -0.4 is 0 Å². The van der Waals surface area contributed by atoms with E-state index in [1.165, 1.54) is 44.9 Å². The molecule has 0 radical (unpaired) electrons. The second-order valence-electron chi connectivity index (χ2n) is 7.44. The molecule has 19 heavy (non-hydrogen) atoms. The van der Waals surface area contributed by atoms with Crippen molar-refractivity contribution in [3.05, 3.63) is 0 Å². The Bertz CT molecular complexity index is 232. The van der Waals surface area contributed by atoms with Crippen LogP contribution in [0.2, 0.25) is 0 Å². The molecule has 2 rings (SSSR count). The number of hydrogen-bond acceptors (Lipinski definition) is 0. The standard InChI is InChI=1S/C19H36/c1-3-5-7-8-11-17-12-9-13-18-14-16(10-6-4-2)15-19(17)18/h16-19H,3-15H2,1-2H3. The molecule has 0 aromatic rings. The van der Waals surface area contributed by atoms with Crippen molar-refractivity contribution >= 4 is 0 Å². The molecule has 112 valence electrons. The van der Waals surface area contributed by atoms with Crippen molar-refractivity contribution in [3.63, 3.8) is 0 Å². The second kappa shape index (κ2) is 8.32. The lowest BCUT2D eigenvalue weighted by molar-refractivity contribution is 0.168. The van der Waals surface area contributed by atoms with Gasteiger partial charge in [0.25, 0.3) is 0 Å². The van der Waals surface area contributed by atoms with Crippen molar-refractivity contribution in [1.29, 1.82) is 0 Å². The SMILES string of the molecule is CCCCCCC1CCCC2CC(CCCC)CC12. The molecule has 4 unspecified atom stereocenters. The molecule has 0 heterocycles. The van der Waals surface area contributed by atoms with E-state index >= 15 is 0 Å². The molecule has 0 bridgehead atoms. The van der Waals surface area contributed by atoms with E-state index in [0.717, 1.165) is 23.7 Å². The number of unbranched alkanes of at least 4 members (excludes halogenated alkanes) is 4. The van der Waals surface area contributed by atoms with E-state index in [2.05, 4.69) is 13.8 Å². The summed E-state index contributed by atoms with van der Waals surface area (Å²) in [5.41, 5.74) is 0. The first-order chi connectivity index (χ1) is 9.35. The first-order valence-corrected chi connectivity index (χ1v) is 9.35. The van der Waals surface area contributed by atoms with E-state index < -0.39 is 0 Å². The Balaban J connectivity index is 1.75. The fourth-order valence-corrected chi connectivity index (χ4v) is 4.96. The van der Waals surface area contributed by atoms with Crippen LogP contribution in [0.4, 0.5) is 0 Å². The molecule has 0 aromatic carbocycles. The molecular weight excluding hydrogens is 228 g/mol. The lowest BCUT2D eigenvalue weighted by Crippen LogP contribution is -2.24. The van der Waals surface area contributed by atoms with Crippen LogP contribution in [0.1, 0.15) is 97.3 Å². The Kier molecular flexibility index (Phi) is 6.74. The zero-order chi connectivity index (χ0) is 13.5. The Labute approximate surface area is 121 Å². The quantitative estimate of drug-likeness (QED) is 0.434. The molecule has 2 fully saturated rings. The maximum absolute atomic E-state index is 2.35. The van der Waals surface area contributed by atoms with Gasteiger partial charge in [0, 0.05) is 0 Å². The van der Waals surface area contributed by atoms with Crippen LogP contribution in [0.3, 0.4) is 0 Å². The molecular formula is C19H36. The first-order valence-electron chi connectivity index (χ1n) is 9.35. The zero-order valence-corrected chi connectivity index (χ0v) is 13.5. The van der Waals surface area contributed by atoms with E-state index in [1.54, 1.807) is 38.5 Å². The average Bonchev–Trinajstić information content (AvgIpc) is 2.85. The summed E-state index contributed by atoms with van der Waals surface area (Å²) in [6.45, 7) is 4.67. The summed E-state index contributed by atoms with van der Waals surface area (Å²) >= 11 is 0. The molecule has 4 atom stereocenters. The van der Waals surface area contributed by atoms with Crippen LogP contribution >= 0.6 is 0 Å². The molecule has 0 N–H and O–H groups in total. The summed E-state index contributed by atoms with van der Waals surface area (Å²) < 4.78 is 0. The molecule has 0 aromatic heterocycles. The summed E-state index contributed by atoms with van der Waals surface area (Å²) in [6.07, 6.45) is 19.7. The predicted molar refractivity (Wildman–Crippen MR) is 85.3 cm³/mol. The maximum atomic E-state index is 2.35. The smallest absolute Gasteiger partial charge is 0.0355 e. The molecule has 0 saturated heterocycles. The van der Waals surface area contributed by atoms with Crippen molar-refractivity contribution in [3.8, 4) is 0 Å². The van der Waals surface area contributed by atoms with Crippen molar-refractivity contribution in [2.75, 3.05) is 0 Å². The number of rotatable bonds is 8. The topological polar surface area (TPSA) is 0 Å². The Morgan fingerprint density at radius 3 is 2.42 bits per heavy atom. The van der Waals surface area contributed by atoms with Crippen LogP contribution in [0.15, 0.2) is 0 Å². The van der Waals surface area contributed by atoms with Gasteiger partial charge in [0.2, 0.25) is 0 Å². The van der Waals surface area contributed by atoms with Gasteiger partial charge >= 0.3 is 0 Å². The van der Waals surface area contributed by atoms with E-state index in [1.807, 2.05) is 0 Å². The van der Waals surface area contributed by atoms with Crippen LogP contribution in [-0.2, 0) is 0 Å². The minimum Gasteiger partial charge on any atom is -0.0654 e. The van der Waals surface area contributed by atoms with Gasteiger partial charge < -0.3 is 0 Å². The third-order valence-electron chi connectivity index (χ3n) is 6.00.